The predicted molar refractivity (Wildman–Crippen MR) is 64.2 cm³/mol. The Labute approximate surface area is 98.8 Å². The van der Waals surface area contributed by atoms with Crippen molar-refractivity contribution in [1.82, 2.24) is 0 Å². The van der Waals surface area contributed by atoms with Gasteiger partial charge in [-0.2, -0.15) is 0 Å². The van der Waals surface area contributed by atoms with Crippen molar-refractivity contribution in [3.8, 4) is 0 Å². The molecule has 0 aromatic carbocycles. The summed E-state index contributed by atoms with van der Waals surface area (Å²) in [7, 11) is 0. The number of carbonyl (C=O) groups is 1. The zero-order chi connectivity index (χ0) is 10.7. The van der Waals surface area contributed by atoms with E-state index < -0.39 is 0 Å². The summed E-state index contributed by atoms with van der Waals surface area (Å²) in [5.74, 6) is 0.307. The maximum atomic E-state index is 11.3. The second-order valence-electron chi connectivity index (χ2n) is 3.86. The molecule has 1 aliphatic carbocycles. The van der Waals surface area contributed by atoms with E-state index in [0.717, 1.165) is 19.3 Å². The average Bonchev–Trinajstić information content (AvgIpc) is 2.71. The molecule has 1 heterocycles. The summed E-state index contributed by atoms with van der Waals surface area (Å²) < 4.78 is 0. The topological polar surface area (TPSA) is 17.1 Å². The minimum atomic E-state index is -0.180. The van der Waals surface area contributed by atoms with Gasteiger partial charge >= 0.3 is 0 Å². The van der Waals surface area contributed by atoms with Gasteiger partial charge in [0.2, 0.25) is 5.24 Å². The van der Waals surface area contributed by atoms with Crippen LogP contribution >= 0.6 is 22.9 Å². The number of halogens is 1. The number of rotatable bonds is 3. The largest absolute Gasteiger partial charge is 0.281 e. The molecule has 0 saturated carbocycles. The molecule has 0 aliphatic heterocycles. The maximum Gasteiger partial charge on any atom is 0.225 e. The Morgan fingerprint density at radius 2 is 2.47 bits per heavy atom. The van der Waals surface area contributed by atoms with Gasteiger partial charge in [0, 0.05) is 10.8 Å². The molecule has 0 radical (unpaired) electrons. The summed E-state index contributed by atoms with van der Waals surface area (Å²) in [6.45, 7) is 0. The van der Waals surface area contributed by atoms with Gasteiger partial charge in [-0.15, -0.1) is 11.3 Å². The van der Waals surface area contributed by atoms with Crippen molar-refractivity contribution >= 4 is 28.2 Å². The van der Waals surface area contributed by atoms with E-state index in [1.54, 1.807) is 11.3 Å². The van der Waals surface area contributed by atoms with Crippen molar-refractivity contribution in [2.75, 3.05) is 0 Å². The highest BCUT2D eigenvalue weighted by Gasteiger charge is 2.27. The molecule has 1 aliphatic rings. The molecule has 0 spiro atoms. The number of thiophene rings is 1. The van der Waals surface area contributed by atoms with Crippen LogP contribution in [0.3, 0.4) is 0 Å². The van der Waals surface area contributed by atoms with E-state index in [0.29, 0.717) is 5.92 Å². The monoisotopic (exact) mass is 240 g/mol. The lowest BCUT2D eigenvalue weighted by molar-refractivity contribution is -0.116. The van der Waals surface area contributed by atoms with Gasteiger partial charge in [0.25, 0.3) is 0 Å². The quantitative estimate of drug-likeness (QED) is 0.582. The first-order valence-corrected chi connectivity index (χ1v) is 6.41. The zero-order valence-electron chi connectivity index (χ0n) is 8.36. The summed E-state index contributed by atoms with van der Waals surface area (Å²) >= 11 is 7.36. The molecule has 1 aromatic heterocycles. The summed E-state index contributed by atoms with van der Waals surface area (Å²) in [4.78, 5) is 12.6. The van der Waals surface area contributed by atoms with Crippen LogP contribution in [0, 0.1) is 11.8 Å². The van der Waals surface area contributed by atoms with Gasteiger partial charge in [-0.05, 0) is 48.2 Å². The predicted octanol–water partition coefficient (Wildman–Crippen LogP) is 3.64. The number of hydrogen-bond acceptors (Lipinski definition) is 2. The van der Waals surface area contributed by atoms with Crippen LogP contribution in [0.2, 0.25) is 0 Å². The maximum absolute atomic E-state index is 11.3. The van der Waals surface area contributed by atoms with Crippen molar-refractivity contribution in [3.05, 3.63) is 34.5 Å². The molecule has 1 nitrogen and oxygen atoms in total. The Bertz CT molecular complexity index is 356. The van der Waals surface area contributed by atoms with Gasteiger partial charge in [0.15, 0.2) is 0 Å². The van der Waals surface area contributed by atoms with Gasteiger partial charge in [-0.25, -0.2) is 0 Å². The third-order valence-electron chi connectivity index (χ3n) is 2.85. The van der Waals surface area contributed by atoms with Crippen molar-refractivity contribution in [2.24, 2.45) is 11.8 Å². The van der Waals surface area contributed by atoms with E-state index in [1.165, 1.54) is 4.88 Å². The van der Waals surface area contributed by atoms with Gasteiger partial charge in [-0.1, -0.05) is 18.2 Å². The molecule has 0 amide bonds. The lowest BCUT2D eigenvalue weighted by Crippen LogP contribution is -2.22. The van der Waals surface area contributed by atoms with Crippen molar-refractivity contribution in [3.63, 3.8) is 0 Å². The molecule has 15 heavy (non-hydrogen) atoms. The van der Waals surface area contributed by atoms with Gasteiger partial charge in [-0.3, -0.25) is 4.79 Å². The third-order valence-corrected chi connectivity index (χ3v) is 4.03. The van der Waals surface area contributed by atoms with Gasteiger partial charge in [0.05, 0.1) is 0 Å². The van der Waals surface area contributed by atoms with Crippen LogP contribution in [0.5, 0.6) is 0 Å². The first-order chi connectivity index (χ1) is 7.27. The molecule has 0 N–H and O–H groups in total. The molecule has 0 bridgehead atoms. The van der Waals surface area contributed by atoms with E-state index in [-0.39, 0.29) is 11.2 Å². The second kappa shape index (κ2) is 4.95. The summed E-state index contributed by atoms with van der Waals surface area (Å²) in [5.41, 5.74) is 0. The first kappa shape index (κ1) is 10.9. The van der Waals surface area contributed by atoms with Crippen LogP contribution in [0.1, 0.15) is 17.7 Å². The summed E-state index contributed by atoms with van der Waals surface area (Å²) in [6, 6.07) is 4.16. The molecule has 0 fully saturated rings. The second-order valence-corrected chi connectivity index (χ2v) is 5.27. The fraction of sp³-hybridized carbons (Fsp3) is 0.417. The molecule has 80 valence electrons. The number of allylic oxidation sites excluding steroid dienone is 2. The van der Waals surface area contributed by atoms with E-state index in [2.05, 4.69) is 23.6 Å². The molecular formula is C12H13ClOS. The zero-order valence-corrected chi connectivity index (χ0v) is 9.93. The van der Waals surface area contributed by atoms with E-state index in [1.807, 2.05) is 6.07 Å². The molecule has 3 heteroatoms. The standard InChI is InChI=1S/C12H13ClOS/c13-12(14)11-6-2-1-4-9(11)8-10-5-3-7-15-10/h1,3-5,7,9,11H,2,6,8H2. The molecule has 2 unspecified atom stereocenters. The van der Waals surface area contributed by atoms with Crippen molar-refractivity contribution < 1.29 is 4.79 Å². The minimum absolute atomic E-state index is 0.0127. The van der Waals surface area contributed by atoms with Crippen LogP contribution in [0.15, 0.2) is 29.7 Å². The smallest absolute Gasteiger partial charge is 0.225 e. The fourth-order valence-electron chi connectivity index (χ4n) is 2.05. The number of carbonyl (C=O) groups excluding carboxylic acids is 1. The Morgan fingerprint density at radius 1 is 1.60 bits per heavy atom. The van der Waals surface area contributed by atoms with E-state index in [4.69, 9.17) is 11.6 Å². The highest BCUT2D eigenvalue weighted by molar-refractivity contribution is 7.09. The number of hydrogen-bond donors (Lipinski definition) is 0. The highest BCUT2D eigenvalue weighted by Crippen LogP contribution is 2.30. The van der Waals surface area contributed by atoms with Gasteiger partial charge in [0.1, 0.15) is 0 Å². The first-order valence-electron chi connectivity index (χ1n) is 5.16. The SMILES string of the molecule is O=C(Cl)C1CCC=CC1Cc1cccs1. The lowest BCUT2D eigenvalue weighted by Gasteiger charge is -2.23. The molecular weight excluding hydrogens is 228 g/mol. The molecule has 1 aromatic rings. The van der Waals surface area contributed by atoms with Crippen LogP contribution in [0.4, 0.5) is 0 Å². The van der Waals surface area contributed by atoms with Crippen LogP contribution in [0.25, 0.3) is 0 Å². The third kappa shape index (κ3) is 2.70. The van der Waals surface area contributed by atoms with Crippen LogP contribution in [-0.4, -0.2) is 5.24 Å². The summed E-state index contributed by atoms with van der Waals surface area (Å²) in [5, 5.41) is 1.89. The summed E-state index contributed by atoms with van der Waals surface area (Å²) in [6.07, 6.45) is 7.12. The molecule has 2 rings (SSSR count). The van der Waals surface area contributed by atoms with Crippen molar-refractivity contribution in [1.29, 1.82) is 0 Å². The molecule has 0 saturated heterocycles. The van der Waals surface area contributed by atoms with E-state index in [9.17, 15) is 4.79 Å². The average molecular weight is 241 g/mol. The fourth-order valence-corrected chi connectivity index (χ4v) is 3.10. The Morgan fingerprint density at radius 3 is 3.13 bits per heavy atom. The van der Waals surface area contributed by atoms with Crippen LogP contribution < -0.4 is 0 Å². The Kier molecular flexibility index (Phi) is 3.60. The van der Waals surface area contributed by atoms with Crippen molar-refractivity contribution in [2.45, 2.75) is 19.3 Å². The highest BCUT2D eigenvalue weighted by atomic mass is 35.5. The Balaban J connectivity index is 2.08. The van der Waals surface area contributed by atoms with Crippen LogP contribution in [-0.2, 0) is 11.2 Å². The Hall–Kier alpha value is -0.600. The van der Waals surface area contributed by atoms with Gasteiger partial charge < -0.3 is 0 Å². The normalized spacial score (nSPS) is 25.4. The van der Waals surface area contributed by atoms with E-state index >= 15 is 0 Å². The lowest BCUT2D eigenvalue weighted by atomic mass is 9.82. The minimum Gasteiger partial charge on any atom is -0.281 e. The molecule has 2 atom stereocenters.